The lowest BCUT2D eigenvalue weighted by Gasteiger charge is -2.27. The number of Topliss-reactive ketones (excluding diaryl/α,β-unsaturated/α-hetero) is 4. The van der Waals surface area contributed by atoms with E-state index in [0.717, 1.165) is 31.2 Å². The molecule has 13 heteroatoms. The van der Waals surface area contributed by atoms with Gasteiger partial charge in [-0.1, -0.05) is 128 Å². The normalized spacial score (nSPS) is 14.3. The number of ketones is 4. The summed E-state index contributed by atoms with van der Waals surface area (Å²) in [4.78, 5) is 84.1. The van der Waals surface area contributed by atoms with Gasteiger partial charge >= 0.3 is 0 Å². The molecule has 1 aromatic rings. The van der Waals surface area contributed by atoms with Gasteiger partial charge in [0.1, 0.15) is 11.6 Å². The molecule has 13 nitrogen and oxygen atoms in total. The third-order valence-electron chi connectivity index (χ3n) is 11.3. The minimum atomic E-state index is -1.13. The second-order valence-corrected chi connectivity index (χ2v) is 17.0. The van der Waals surface area contributed by atoms with Crippen molar-refractivity contribution in [3.63, 3.8) is 0 Å². The number of hydrogen-bond acceptors (Lipinski definition) is 9. The molecule has 0 unspecified atom stereocenters. The second-order valence-electron chi connectivity index (χ2n) is 17.0. The van der Waals surface area contributed by atoms with Gasteiger partial charge in [0.25, 0.3) is 0 Å². The van der Waals surface area contributed by atoms with E-state index in [0.29, 0.717) is 12.8 Å². The van der Waals surface area contributed by atoms with Crippen LogP contribution in [-0.2, 0) is 35.2 Å². The molecule has 0 aliphatic carbocycles. The lowest BCUT2D eigenvalue weighted by Crippen LogP contribution is -2.50. The quantitative estimate of drug-likeness (QED) is 0.0259. The fraction of sp³-hybridized carbons (Fsp3) is 0.723. The van der Waals surface area contributed by atoms with E-state index in [4.69, 9.17) is 11.5 Å². The first-order chi connectivity index (χ1) is 28.6. The van der Waals surface area contributed by atoms with Gasteiger partial charge in [-0.05, 0) is 51.0 Å². The number of guanidine groups is 1. The number of nitrogens with one attached hydrogen (secondary N) is 2. The highest BCUT2D eigenvalue weighted by Gasteiger charge is 2.35. The number of amides is 2. The van der Waals surface area contributed by atoms with Crippen LogP contribution in [0.3, 0.4) is 0 Å². The van der Waals surface area contributed by atoms with Crippen LogP contribution >= 0.6 is 0 Å². The van der Waals surface area contributed by atoms with Crippen molar-refractivity contribution >= 4 is 40.9 Å². The summed E-state index contributed by atoms with van der Waals surface area (Å²) in [5.74, 6) is -5.91. The maximum Gasteiger partial charge on any atom is 0.226 e. The Hall–Kier alpha value is -3.97. The Bertz CT molecular complexity index is 1450. The van der Waals surface area contributed by atoms with E-state index < -0.39 is 65.9 Å². The van der Waals surface area contributed by atoms with Crippen molar-refractivity contribution in [1.29, 1.82) is 0 Å². The van der Waals surface area contributed by atoms with Crippen LogP contribution in [0.25, 0.3) is 0 Å². The average molecular weight is 842 g/mol. The minimum absolute atomic E-state index is 0.109. The van der Waals surface area contributed by atoms with Crippen molar-refractivity contribution in [2.24, 2.45) is 40.1 Å². The topological polar surface area (TPSA) is 231 Å². The first-order valence-corrected chi connectivity index (χ1v) is 22.7. The maximum absolute atomic E-state index is 14.0. The lowest BCUT2D eigenvalue weighted by atomic mass is 9.87. The molecule has 0 spiro atoms. The van der Waals surface area contributed by atoms with E-state index in [-0.39, 0.29) is 62.1 Å². The number of nitrogens with zero attached hydrogens (tertiary/aromatic N) is 1. The summed E-state index contributed by atoms with van der Waals surface area (Å²) in [6.07, 6.45) is 14.6. The molecule has 0 aromatic heterocycles. The van der Waals surface area contributed by atoms with E-state index >= 15 is 0 Å². The van der Waals surface area contributed by atoms with Gasteiger partial charge in [-0.25, -0.2) is 0 Å². The molecule has 1 aromatic carbocycles. The predicted molar refractivity (Wildman–Crippen MR) is 238 cm³/mol. The Morgan fingerprint density at radius 1 is 0.700 bits per heavy atom. The summed E-state index contributed by atoms with van der Waals surface area (Å²) < 4.78 is 0. The molecule has 1 rings (SSSR count). The van der Waals surface area contributed by atoms with E-state index in [1.807, 2.05) is 30.3 Å². The van der Waals surface area contributed by atoms with Gasteiger partial charge < -0.3 is 32.3 Å². The zero-order valence-corrected chi connectivity index (χ0v) is 37.4. The first-order valence-electron chi connectivity index (χ1n) is 22.7. The zero-order chi connectivity index (χ0) is 44.9. The van der Waals surface area contributed by atoms with Gasteiger partial charge in [0.05, 0.1) is 30.7 Å². The van der Waals surface area contributed by atoms with Crippen molar-refractivity contribution in [3.8, 4) is 0 Å². The summed E-state index contributed by atoms with van der Waals surface area (Å²) in [5.41, 5.74) is 11.7. The number of carbonyl (C=O) groups is 6. The summed E-state index contributed by atoms with van der Waals surface area (Å²) in [6, 6.07) is 7.04. The van der Waals surface area contributed by atoms with Crippen LogP contribution in [-0.4, -0.2) is 82.5 Å². The van der Waals surface area contributed by atoms with Gasteiger partial charge in [0, 0.05) is 44.1 Å². The molecule has 340 valence electrons. The molecule has 6 atom stereocenters. The Balaban J connectivity index is 2.97. The summed E-state index contributed by atoms with van der Waals surface area (Å²) in [7, 11) is 0. The fourth-order valence-corrected chi connectivity index (χ4v) is 7.40. The van der Waals surface area contributed by atoms with Crippen LogP contribution in [0.4, 0.5) is 0 Å². The van der Waals surface area contributed by atoms with Gasteiger partial charge in [-0.3, -0.25) is 33.8 Å². The zero-order valence-electron chi connectivity index (χ0n) is 37.4. The molecule has 0 aliphatic heterocycles. The van der Waals surface area contributed by atoms with Crippen molar-refractivity contribution in [2.75, 3.05) is 13.2 Å². The van der Waals surface area contributed by atoms with Crippen LogP contribution in [0.2, 0.25) is 0 Å². The molecule has 60 heavy (non-hydrogen) atoms. The number of unbranched alkanes of at least 4 members (excludes halogenated alkanes) is 12. The highest BCUT2D eigenvalue weighted by atomic mass is 16.3. The smallest absolute Gasteiger partial charge is 0.226 e. The molecule has 0 saturated carbocycles. The fourth-order valence-electron chi connectivity index (χ4n) is 7.40. The third kappa shape index (κ3) is 23.7. The maximum atomic E-state index is 14.0. The Labute approximate surface area is 360 Å². The predicted octanol–water partition coefficient (Wildman–Crippen LogP) is 6.08. The molecular formula is C47H79N5O8. The van der Waals surface area contributed by atoms with E-state index in [1.165, 1.54) is 71.6 Å². The number of nitrogens with two attached hydrogens (primary N) is 2. The van der Waals surface area contributed by atoms with E-state index in [1.54, 1.807) is 13.8 Å². The Kier molecular flexibility index (Phi) is 28.7. The SMILES string of the molecule is CCCCCCCCCCCCCCCC(=O)C[C@H](C(=O)N[C@H](C(=O)C[C@@H](Cc1ccccc1)C(=O)N[C@@H](CCCN=C(N)N)C(=O)C[C@@H](CO)C(C)=O)C(C)C)[C@H](C)O. The minimum Gasteiger partial charge on any atom is -0.396 e. The van der Waals surface area contributed by atoms with Gasteiger partial charge in [0.15, 0.2) is 17.5 Å². The van der Waals surface area contributed by atoms with Crippen LogP contribution in [0, 0.1) is 23.7 Å². The molecular weight excluding hydrogens is 763 g/mol. The molecule has 2 amide bonds. The van der Waals surface area contributed by atoms with E-state index in [2.05, 4.69) is 22.5 Å². The summed E-state index contributed by atoms with van der Waals surface area (Å²) in [5, 5.41) is 25.9. The molecule has 0 aliphatic rings. The molecule has 0 saturated heterocycles. The highest BCUT2D eigenvalue weighted by molar-refractivity contribution is 5.96. The molecule has 0 radical (unpaired) electrons. The van der Waals surface area contributed by atoms with E-state index in [9.17, 15) is 39.0 Å². The molecule has 0 fully saturated rings. The lowest BCUT2D eigenvalue weighted by molar-refractivity contribution is -0.137. The molecule has 0 heterocycles. The third-order valence-corrected chi connectivity index (χ3v) is 11.3. The number of aliphatic hydroxyl groups is 2. The monoisotopic (exact) mass is 842 g/mol. The van der Waals surface area contributed by atoms with Crippen LogP contribution < -0.4 is 22.1 Å². The van der Waals surface area contributed by atoms with Crippen LogP contribution in [0.5, 0.6) is 0 Å². The molecule has 0 bridgehead atoms. The van der Waals surface area contributed by atoms with Crippen molar-refractivity contribution in [2.45, 2.75) is 181 Å². The van der Waals surface area contributed by atoms with Crippen molar-refractivity contribution in [1.82, 2.24) is 10.6 Å². The first kappa shape index (κ1) is 54.0. The van der Waals surface area contributed by atoms with Crippen molar-refractivity contribution < 1.29 is 39.0 Å². The number of aliphatic hydroxyl groups excluding tert-OH is 2. The van der Waals surface area contributed by atoms with Crippen LogP contribution in [0.15, 0.2) is 35.3 Å². The second kappa shape index (κ2) is 31.8. The number of rotatable bonds is 36. The number of benzene rings is 1. The Morgan fingerprint density at radius 3 is 1.75 bits per heavy atom. The van der Waals surface area contributed by atoms with Gasteiger partial charge in [-0.2, -0.15) is 0 Å². The standard InChI is InChI=1S/C47H79N5O8/c1-6-7-8-9-10-11-12-13-14-15-16-17-21-25-39(56)31-40(35(5)55)46(60)52-44(33(2)3)43(58)29-37(28-36-23-19-18-20-24-36)45(59)51-41(26-22-27-50-47(48)49)42(57)30-38(32-53)34(4)54/h18-20,23-24,33,35,37-38,40-41,44,53,55H,6-17,21-22,25-32H2,1-5H3,(H,51,59)(H,52,60)(H4,48,49,50)/t35-,37+,38-,40-,41-,44-/m0/s1. The summed E-state index contributed by atoms with van der Waals surface area (Å²) in [6.45, 7) is 8.19. The van der Waals surface area contributed by atoms with Gasteiger partial charge in [0.2, 0.25) is 11.8 Å². The number of hydrogen-bond donors (Lipinski definition) is 6. The average Bonchev–Trinajstić information content (AvgIpc) is 3.20. The van der Waals surface area contributed by atoms with Crippen molar-refractivity contribution in [3.05, 3.63) is 35.9 Å². The largest absolute Gasteiger partial charge is 0.396 e. The number of aliphatic imine (C=N–C) groups is 1. The Morgan fingerprint density at radius 2 is 1.25 bits per heavy atom. The summed E-state index contributed by atoms with van der Waals surface area (Å²) >= 11 is 0. The van der Waals surface area contributed by atoms with Crippen LogP contribution in [0.1, 0.15) is 162 Å². The molecule has 8 N–H and O–H groups in total. The number of carbonyl (C=O) groups excluding carboxylic acids is 6. The van der Waals surface area contributed by atoms with Gasteiger partial charge in [-0.15, -0.1) is 0 Å². The highest BCUT2D eigenvalue weighted by Crippen LogP contribution is 2.21.